The quantitative estimate of drug-likeness (QED) is 0.481. The lowest BCUT2D eigenvalue weighted by molar-refractivity contribution is -0.117. The standard InChI is InChI=1S/C15H17ClN4O3S.ClH/c1-23-12-3-2-9(16)6-10(12)11-7-14(22)19-15(24)20(11)5-4-18-8-13(17)21;/h2-3,6-7,18H,4-5,8H2,1H3,(H2,17,21)(H,19,22,24);1H. The molecule has 2 aromatic rings. The number of nitrogens with zero attached hydrogens (tertiary/aromatic N) is 1. The Balaban J connectivity index is 0.00000312. The minimum Gasteiger partial charge on any atom is -0.496 e. The second kappa shape index (κ2) is 9.57. The van der Waals surface area contributed by atoms with E-state index in [-0.39, 0.29) is 29.3 Å². The van der Waals surface area contributed by atoms with E-state index in [0.717, 1.165) is 0 Å². The van der Waals surface area contributed by atoms with Gasteiger partial charge >= 0.3 is 0 Å². The van der Waals surface area contributed by atoms with Crippen LogP contribution >= 0.6 is 36.2 Å². The van der Waals surface area contributed by atoms with Crippen molar-refractivity contribution in [3.8, 4) is 17.0 Å². The summed E-state index contributed by atoms with van der Waals surface area (Å²) < 4.78 is 7.35. The van der Waals surface area contributed by atoms with Crippen LogP contribution in [-0.4, -0.2) is 35.7 Å². The van der Waals surface area contributed by atoms with E-state index in [1.54, 1.807) is 22.8 Å². The molecule has 0 saturated heterocycles. The number of aromatic nitrogens is 2. The molecular weight excluding hydrogens is 387 g/mol. The third kappa shape index (κ3) is 5.57. The lowest BCUT2D eigenvalue weighted by atomic mass is 10.1. The molecule has 136 valence electrons. The number of rotatable bonds is 7. The molecule has 0 fully saturated rings. The Hall–Kier alpha value is -1.87. The zero-order valence-electron chi connectivity index (χ0n) is 13.4. The van der Waals surface area contributed by atoms with Crippen molar-refractivity contribution >= 4 is 42.1 Å². The molecule has 10 heteroatoms. The fraction of sp³-hybridized carbons (Fsp3) is 0.267. The number of halogens is 2. The van der Waals surface area contributed by atoms with Crippen LogP contribution in [0.5, 0.6) is 5.75 Å². The molecule has 0 aliphatic carbocycles. The molecule has 4 N–H and O–H groups in total. The molecule has 7 nitrogen and oxygen atoms in total. The van der Waals surface area contributed by atoms with Crippen LogP contribution < -0.4 is 21.3 Å². The van der Waals surface area contributed by atoms with Crippen molar-refractivity contribution in [1.82, 2.24) is 14.9 Å². The van der Waals surface area contributed by atoms with Crippen LogP contribution in [-0.2, 0) is 11.3 Å². The second-order valence-corrected chi connectivity index (χ2v) is 5.79. The van der Waals surface area contributed by atoms with Crippen LogP contribution in [0.15, 0.2) is 29.1 Å². The van der Waals surface area contributed by atoms with Gasteiger partial charge in [-0.25, -0.2) is 0 Å². The molecule has 0 aliphatic heterocycles. The van der Waals surface area contributed by atoms with Crippen molar-refractivity contribution < 1.29 is 9.53 Å². The topological polar surface area (TPSA) is 102 Å². The molecule has 1 amide bonds. The average Bonchev–Trinajstić information content (AvgIpc) is 2.52. The Morgan fingerprint density at radius 1 is 1.44 bits per heavy atom. The minimum absolute atomic E-state index is 0. The SMILES string of the molecule is COc1ccc(Cl)cc1-c1cc(=O)[nH]c(=S)n1CCNCC(N)=O.Cl. The van der Waals surface area contributed by atoms with Crippen LogP contribution in [0.3, 0.4) is 0 Å². The number of aromatic amines is 1. The summed E-state index contributed by atoms with van der Waals surface area (Å²) in [5.74, 6) is 0.120. The highest BCUT2D eigenvalue weighted by Crippen LogP contribution is 2.31. The molecule has 0 radical (unpaired) electrons. The number of H-pyrrole nitrogens is 1. The van der Waals surface area contributed by atoms with Crippen LogP contribution in [0.25, 0.3) is 11.3 Å². The zero-order valence-corrected chi connectivity index (χ0v) is 15.8. The number of ether oxygens (including phenoxy) is 1. The molecule has 0 bridgehead atoms. The molecule has 2 rings (SSSR count). The minimum atomic E-state index is -0.447. The molecule has 1 aromatic carbocycles. The Labute approximate surface area is 160 Å². The molecule has 0 atom stereocenters. The summed E-state index contributed by atoms with van der Waals surface area (Å²) in [5.41, 5.74) is 5.99. The maximum atomic E-state index is 11.9. The number of methoxy groups -OCH3 is 1. The normalized spacial score (nSPS) is 10.2. The smallest absolute Gasteiger partial charge is 0.252 e. The molecule has 1 aromatic heterocycles. The van der Waals surface area contributed by atoms with Crippen LogP contribution in [0.2, 0.25) is 5.02 Å². The largest absolute Gasteiger partial charge is 0.496 e. The van der Waals surface area contributed by atoms with Crippen LogP contribution in [0.1, 0.15) is 0 Å². The Bertz CT molecular complexity index is 867. The third-order valence-corrected chi connectivity index (χ3v) is 3.84. The number of primary amides is 1. The molecule has 25 heavy (non-hydrogen) atoms. The first-order chi connectivity index (χ1) is 11.4. The average molecular weight is 405 g/mol. The zero-order chi connectivity index (χ0) is 17.7. The monoisotopic (exact) mass is 404 g/mol. The highest BCUT2D eigenvalue weighted by atomic mass is 35.5. The number of carbonyl (C=O) groups excluding carboxylic acids is 1. The lowest BCUT2D eigenvalue weighted by Gasteiger charge is -2.16. The van der Waals surface area contributed by atoms with Crippen molar-refractivity contribution in [2.45, 2.75) is 6.54 Å². The van der Waals surface area contributed by atoms with Gasteiger partial charge in [0.05, 0.1) is 19.3 Å². The van der Waals surface area contributed by atoms with Gasteiger partial charge in [-0.05, 0) is 30.4 Å². The van der Waals surface area contributed by atoms with Crippen molar-refractivity contribution in [2.24, 2.45) is 5.73 Å². The summed E-state index contributed by atoms with van der Waals surface area (Å²) in [6, 6.07) is 6.55. The number of hydrogen-bond donors (Lipinski definition) is 3. The van der Waals surface area contributed by atoms with E-state index in [9.17, 15) is 9.59 Å². The van der Waals surface area contributed by atoms with Crippen molar-refractivity contribution in [3.05, 3.63) is 44.4 Å². The van der Waals surface area contributed by atoms with Gasteiger partial charge in [-0.3, -0.25) is 14.6 Å². The number of nitrogens with two attached hydrogens (primary N) is 1. The molecule has 0 unspecified atom stereocenters. The molecule has 0 spiro atoms. The Morgan fingerprint density at radius 3 is 2.80 bits per heavy atom. The second-order valence-electron chi connectivity index (χ2n) is 4.96. The third-order valence-electron chi connectivity index (χ3n) is 3.28. The van der Waals surface area contributed by atoms with E-state index < -0.39 is 5.91 Å². The number of amides is 1. The van der Waals surface area contributed by atoms with E-state index in [1.165, 1.54) is 13.2 Å². The molecular formula is C15H18Cl2N4O3S. The van der Waals surface area contributed by atoms with E-state index in [1.807, 2.05) is 0 Å². The lowest BCUT2D eigenvalue weighted by Crippen LogP contribution is -2.31. The Morgan fingerprint density at radius 2 is 2.16 bits per heavy atom. The van der Waals surface area contributed by atoms with Gasteiger partial charge < -0.3 is 20.4 Å². The number of carbonyl (C=O) groups is 1. The fourth-order valence-corrected chi connectivity index (χ4v) is 2.71. The maximum Gasteiger partial charge on any atom is 0.252 e. The summed E-state index contributed by atoms with van der Waals surface area (Å²) in [7, 11) is 1.53. The van der Waals surface area contributed by atoms with Gasteiger partial charge in [0.25, 0.3) is 5.56 Å². The van der Waals surface area contributed by atoms with Crippen molar-refractivity contribution in [2.75, 3.05) is 20.2 Å². The number of benzene rings is 1. The summed E-state index contributed by atoms with van der Waals surface area (Å²) in [6.07, 6.45) is 0. The summed E-state index contributed by atoms with van der Waals surface area (Å²) in [4.78, 5) is 25.2. The summed E-state index contributed by atoms with van der Waals surface area (Å²) >= 11 is 11.3. The molecule has 0 saturated carbocycles. The van der Waals surface area contributed by atoms with Gasteiger partial charge in [0.2, 0.25) is 5.91 Å². The van der Waals surface area contributed by atoms with Gasteiger partial charge in [-0.15, -0.1) is 12.4 Å². The van der Waals surface area contributed by atoms with Gasteiger partial charge in [0.1, 0.15) is 5.75 Å². The molecule has 0 aliphatic rings. The van der Waals surface area contributed by atoms with Crippen LogP contribution in [0.4, 0.5) is 0 Å². The van der Waals surface area contributed by atoms with Gasteiger partial charge in [-0.2, -0.15) is 0 Å². The highest BCUT2D eigenvalue weighted by Gasteiger charge is 2.12. The fourth-order valence-electron chi connectivity index (χ4n) is 2.25. The van der Waals surface area contributed by atoms with Crippen molar-refractivity contribution in [3.63, 3.8) is 0 Å². The van der Waals surface area contributed by atoms with E-state index in [0.29, 0.717) is 35.1 Å². The predicted molar refractivity (Wildman–Crippen MR) is 102 cm³/mol. The van der Waals surface area contributed by atoms with Gasteiger partial charge in [0, 0.05) is 29.7 Å². The first-order valence-electron chi connectivity index (χ1n) is 7.09. The molecule has 1 heterocycles. The van der Waals surface area contributed by atoms with E-state index in [2.05, 4.69) is 10.3 Å². The first kappa shape index (κ1) is 21.2. The van der Waals surface area contributed by atoms with E-state index in [4.69, 9.17) is 34.3 Å². The number of hydrogen-bond acceptors (Lipinski definition) is 5. The van der Waals surface area contributed by atoms with E-state index >= 15 is 0 Å². The predicted octanol–water partition coefficient (Wildman–Crippen LogP) is 1.73. The first-order valence-corrected chi connectivity index (χ1v) is 7.88. The summed E-state index contributed by atoms with van der Waals surface area (Å²) in [6.45, 7) is 0.930. The van der Waals surface area contributed by atoms with Gasteiger partial charge in [-0.1, -0.05) is 11.6 Å². The van der Waals surface area contributed by atoms with Crippen molar-refractivity contribution in [1.29, 1.82) is 0 Å². The number of nitrogens with one attached hydrogen (secondary N) is 2. The van der Waals surface area contributed by atoms with Crippen LogP contribution in [0, 0.1) is 4.77 Å². The summed E-state index contributed by atoms with van der Waals surface area (Å²) in [5, 5.41) is 3.41. The highest BCUT2D eigenvalue weighted by molar-refractivity contribution is 7.71. The Kier molecular flexibility index (Phi) is 8.11. The maximum absolute atomic E-state index is 11.9. The van der Waals surface area contributed by atoms with Gasteiger partial charge in [0.15, 0.2) is 4.77 Å².